The maximum Gasteiger partial charge on any atom is 0.335 e. The van der Waals surface area contributed by atoms with Crippen LogP contribution in [0.15, 0.2) is 24.3 Å². The Hall–Kier alpha value is -1.77. The van der Waals surface area contributed by atoms with Crippen molar-refractivity contribution >= 4 is 16.9 Å². The van der Waals surface area contributed by atoms with E-state index in [2.05, 4.69) is 24.5 Å². The summed E-state index contributed by atoms with van der Waals surface area (Å²) < 4.78 is 2.39. The first-order valence-corrected chi connectivity index (χ1v) is 9.02. The first-order chi connectivity index (χ1) is 11.2. The number of hydrogen-bond acceptors (Lipinski definition) is 1. The molecule has 0 spiro atoms. The number of aryl methyl sites for hydroxylation is 2. The lowest BCUT2D eigenvalue weighted by Crippen LogP contribution is -2.03. The van der Waals surface area contributed by atoms with Crippen LogP contribution in [-0.4, -0.2) is 15.6 Å². The number of aromatic carboxylic acids is 1. The Morgan fingerprint density at radius 2 is 1.74 bits per heavy atom. The lowest BCUT2D eigenvalue weighted by Gasteiger charge is -2.10. The lowest BCUT2D eigenvalue weighted by atomic mass is 10.1. The van der Waals surface area contributed by atoms with Gasteiger partial charge in [0.25, 0.3) is 0 Å². The molecule has 0 aliphatic heterocycles. The average molecular weight is 315 g/mol. The number of carboxylic acids is 1. The smallest absolute Gasteiger partial charge is 0.335 e. The molecule has 0 bridgehead atoms. The van der Waals surface area contributed by atoms with Gasteiger partial charge >= 0.3 is 5.97 Å². The highest BCUT2D eigenvalue weighted by Crippen LogP contribution is 2.24. The van der Waals surface area contributed by atoms with E-state index in [4.69, 9.17) is 0 Å². The van der Waals surface area contributed by atoms with Crippen LogP contribution in [0.5, 0.6) is 0 Å². The molecule has 3 heteroatoms. The van der Waals surface area contributed by atoms with Gasteiger partial charge in [-0.3, -0.25) is 0 Å². The Kier molecular flexibility index (Phi) is 6.69. The topological polar surface area (TPSA) is 42.2 Å². The van der Waals surface area contributed by atoms with Gasteiger partial charge in [0.15, 0.2) is 0 Å². The van der Waals surface area contributed by atoms with Gasteiger partial charge in [0.2, 0.25) is 0 Å². The molecular weight excluding hydrogens is 286 g/mol. The predicted molar refractivity (Wildman–Crippen MR) is 96.3 cm³/mol. The minimum Gasteiger partial charge on any atom is -0.478 e. The number of benzene rings is 1. The number of fused-ring (bicyclic) bond motifs is 1. The molecule has 0 aliphatic carbocycles. The molecule has 0 saturated heterocycles. The van der Waals surface area contributed by atoms with Gasteiger partial charge in [-0.1, -0.05) is 46.0 Å². The van der Waals surface area contributed by atoms with Crippen molar-refractivity contribution in [3.05, 3.63) is 35.5 Å². The van der Waals surface area contributed by atoms with Gasteiger partial charge in [-0.2, -0.15) is 0 Å². The number of carboxylic acid groups (broad SMARTS) is 1. The van der Waals surface area contributed by atoms with Crippen molar-refractivity contribution in [3.8, 4) is 0 Å². The average Bonchev–Trinajstić information content (AvgIpc) is 2.89. The van der Waals surface area contributed by atoms with E-state index in [-0.39, 0.29) is 0 Å². The van der Waals surface area contributed by atoms with Crippen LogP contribution in [0.2, 0.25) is 0 Å². The Morgan fingerprint density at radius 1 is 1.00 bits per heavy atom. The van der Waals surface area contributed by atoms with Crippen LogP contribution in [0.3, 0.4) is 0 Å². The van der Waals surface area contributed by atoms with Gasteiger partial charge in [-0.25, -0.2) is 4.79 Å². The van der Waals surface area contributed by atoms with Gasteiger partial charge in [-0.15, -0.1) is 0 Å². The van der Waals surface area contributed by atoms with E-state index >= 15 is 0 Å². The molecule has 0 atom stereocenters. The van der Waals surface area contributed by atoms with Crippen molar-refractivity contribution < 1.29 is 9.90 Å². The van der Waals surface area contributed by atoms with Crippen LogP contribution in [-0.2, 0) is 13.0 Å². The summed E-state index contributed by atoms with van der Waals surface area (Å²) in [6, 6.07) is 7.69. The first kappa shape index (κ1) is 17.6. The Balaban J connectivity index is 2.20. The fourth-order valence-corrected chi connectivity index (χ4v) is 3.16. The minimum atomic E-state index is -0.852. The third-order valence-corrected chi connectivity index (χ3v) is 4.51. The Labute approximate surface area is 139 Å². The minimum absolute atomic E-state index is 0.375. The summed E-state index contributed by atoms with van der Waals surface area (Å²) in [6.45, 7) is 5.47. The fourth-order valence-electron chi connectivity index (χ4n) is 3.16. The van der Waals surface area contributed by atoms with Crippen molar-refractivity contribution in [2.45, 2.75) is 71.8 Å². The van der Waals surface area contributed by atoms with Crippen molar-refractivity contribution in [1.29, 1.82) is 0 Å². The van der Waals surface area contributed by atoms with E-state index < -0.39 is 5.97 Å². The van der Waals surface area contributed by atoms with Crippen LogP contribution in [0, 0.1) is 0 Å². The number of rotatable bonds is 10. The molecule has 2 aromatic rings. The van der Waals surface area contributed by atoms with Gasteiger partial charge in [-0.05, 0) is 43.5 Å². The van der Waals surface area contributed by atoms with Crippen LogP contribution >= 0.6 is 0 Å². The molecule has 1 N–H and O–H groups in total. The molecule has 0 saturated carbocycles. The van der Waals surface area contributed by atoms with E-state index in [1.165, 1.54) is 49.7 Å². The second-order valence-corrected chi connectivity index (χ2v) is 6.38. The first-order valence-electron chi connectivity index (χ1n) is 9.02. The Bertz CT molecular complexity index is 642. The highest BCUT2D eigenvalue weighted by atomic mass is 16.4. The van der Waals surface area contributed by atoms with E-state index in [0.29, 0.717) is 5.56 Å². The fraction of sp³-hybridized carbons (Fsp3) is 0.550. The molecule has 0 amide bonds. The van der Waals surface area contributed by atoms with Crippen molar-refractivity contribution in [2.75, 3.05) is 0 Å². The molecule has 2 rings (SSSR count). The number of nitrogens with zero attached hydrogens (tertiary/aromatic N) is 1. The van der Waals surface area contributed by atoms with E-state index in [9.17, 15) is 9.90 Å². The molecule has 126 valence electrons. The molecule has 1 aromatic carbocycles. The molecule has 0 aliphatic rings. The van der Waals surface area contributed by atoms with Crippen LogP contribution in [0.25, 0.3) is 10.9 Å². The maximum atomic E-state index is 11.2. The van der Waals surface area contributed by atoms with Gasteiger partial charge in [0.1, 0.15) is 0 Å². The Morgan fingerprint density at radius 3 is 2.43 bits per heavy atom. The molecule has 0 radical (unpaired) electrons. The van der Waals surface area contributed by atoms with Gasteiger partial charge < -0.3 is 9.67 Å². The van der Waals surface area contributed by atoms with E-state index in [1.807, 2.05) is 6.07 Å². The molecular formula is C20H29NO2. The van der Waals surface area contributed by atoms with Crippen LogP contribution in [0.4, 0.5) is 0 Å². The maximum absolute atomic E-state index is 11.2. The number of aromatic nitrogens is 1. The van der Waals surface area contributed by atoms with Crippen LogP contribution < -0.4 is 0 Å². The molecule has 1 aromatic heterocycles. The highest BCUT2D eigenvalue weighted by molar-refractivity contribution is 5.94. The van der Waals surface area contributed by atoms with E-state index in [1.54, 1.807) is 12.1 Å². The number of unbranched alkanes of at least 4 members (excludes halogenated alkanes) is 5. The largest absolute Gasteiger partial charge is 0.478 e. The molecule has 0 fully saturated rings. The zero-order valence-electron chi connectivity index (χ0n) is 14.5. The SMILES string of the molecule is CCCCCCCc1cc2cc(C(=O)O)ccc2n1CCCC. The summed E-state index contributed by atoms with van der Waals surface area (Å²) in [5.74, 6) is -0.852. The van der Waals surface area contributed by atoms with Crippen LogP contribution in [0.1, 0.15) is 74.8 Å². The van der Waals surface area contributed by atoms with Crippen molar-refractivity contribution in [3.63, 3.8) is 0 Å². The standard InChI is InChI=1S/C20H29NO2/c1-3-5-7-8-9-10-18-15-17-14-16(20(22)23)11-12-19(17)21(18)13-6-4-2/h11-12,14-15H,3-10,13H2,1-2H3,(H,22,23). The summed E-state index contributed by atoms with van der Waals surface area (Å²) in [5.41, 5.74) is 2.90. The number of carbonyl (C=O) groups is 1. The monoisotopic (exact) mass is 315 g/mol. The lowest BCUT2D eigenvalue weighted by molar-refractivity contribution is 0.0697. The van der Waals surface area contributed by atoms with Crippen molar-refractivity contribution in [2.24, 2.45) is 0 Å². The molecule has 1 heterocycles. The zero-order chi connectivity index (χ0) is 16.7. The van der Waals surface area contributed by atoms with E-state index in [0.717, 1.165) is 24.8 Å². The summed E-state index contributed by atoms with van der Waals surface area (Å²) >= 11 is 0. The summed E-state index contributed by atoms with van der Waals surface area (Å²) in [4.78, 5) is 11.2. The summed E-state index contributed by atoms with van der Waals surface area (Å²) in [7, 11) is 0. The third-order valence-electron chi connectivity index (χ3n) is 4.51. The molecule has 3 nitrogen and oxygen atoms in total. The molecule has 23 heavy (non-hydrogen) atoms. The zero-order valence-corrected chi connectivity index (χ0v) is 14.5. The normalized spacial score (nSPS) is 11.2. The summed E-state index contributed by atoms with van der Waals surface area (Å²) in [6.07, 6.45) is 9.82. The third kappa shape index (κ3) is 4.60. The van der Waals surface area contributed by atoms with Gasteiger partial charge in [0.05, 0.1) is 5.56 Å². The second kappa shape index (κ2) is 8.76. The quantitative estimate of drug-likeness (QED) is 0.575. The summed E-state index contributed by atoms with van der Waals surface area (Å²) in [5, 5.41) is 10.2. The van der Waals surface area contributed by atoms with Gasteiger partial charge in [0, 0.05) is 23.1 Å². The number of hydrogen-bond donors (Lipinski definition) is 1. The predicted octanol–water partition coefficient (Wildman–Crippen LogP) is 5.65. The highest BCUT2D eigenvalue weighted by Gasteiger charge is 2.11. The molecule has 0 unspecified atom stereocenters. The van der Waals surface area contributed by atoms with Crippen molar-refractivity contribution in [1.82, 2.24) is 4.57 Å². The second-order valence-electron chi connectivity index (χ2n) is 6.38.